The van der Waals surface area contributed by atoms with E-state index in [0.717, 1.165) is 17.1 Å². The monoisotopic (exact) mass is 265 g/mol. The number of ether oxygens (including phenoxy) is 3. The Morgan fingerprint density at radius 1 is 1.32 bits per heavy atom. The number of aliphatic hydroxyl groups is 1. The molecule has 3 rings (SSSR count). The fourth-order valence-electron chi connectivity index (χ4n) is 1.99. The second-order valence-electron chi connectivity index (χ2n) is 5.04. The molecule has 0 spiro atoms. The Kier molecular flexibility index (Phi) is 3.87. The van der Waals surface area contributed by atoms with Crippen LogP contribution in [-0.2, 0) is 11.3 Å². The van der Waals surface area contributed by atoms with Gasteiger partial charge < -0.3 is 24.6 Å². The molecule has 1 fully saturated rings. The summed E-state index contributed by atoms with van der Waals surface area (Å²) in [6.45, 7) is 1.70. The van der Waals surface area contributed by atoms with Crippen molar-refractivity contribution in [2.24, 2.45) is 0 Å². The molecule has 1 saturated carbocycles. The molecule has 0 aromatic heterocycles. The van der Waals surface area contributed by atoms with Crippen molar-refractivity contribution in [3.8, 4) is 11.5 Å². The third-order valence-electron chi connectivity index (χ3n) is 3.24. The van der Waals surface area contributed by atoms with Crippen LogP contribution in [0.5, 0.6) is 11.5 Å². The normalized spacial score (nSPS) is 18.6. The number of hydrogen-bond donors (Lipinski definition) is 2. The minimum atomic E-state index is -0.449. The molecule has 1 aliphatic carbocycles. The van der Waals surface area contributed by atoms with Gasteiger partial charge in [0.2, 0.25) is 6.79 Å². The van der Waals surface area contributed by atoms with Gasteiger partial charge in [-0.15, -0.1) is 0 Å². The van der Waals surface area contributed by atoms with Gasteiger partial charge in [-0.2, -0.15) is 0 Å². The predicted octanol–water partition coefficient (Wildman–Crippen LogP) is 1.04. The topological polar surface area (TPSA) is 60.0 Å². The summed E-state index contributed by atoms with van der Waals surface area (Å²) in [6, 6.07) is 6.36. The summed E-state index contributed by atoms with van der Waals surface area (Å²) >= 11 is 0. The summed E-state index contributed by atoms with van der Waals surface area (Å²) in [7, 11) is 0. The summed E-state index contributed by atoms with van der Waals surface area (Å²) in [4.78, 5) is 0. The molecule has 1 aromatic carbocycles. The van der Waals surface area contributed by atoms with E-state index in [1.54, 1.807) is 0 Å². The Morgan fingerprint density at radius 2 is 2.16 bits per heavy atom. The van der Waals surface area contributed by atoms with Crippen molar-refractivity contribution in [2.45, 2.75) is 31.6 Å². The van der Waals surface area contributed by atoms with E-state index in [4.69, 9.17) is 14.2 Å². The van der Waals surface area contributed by atoms with E-state index in [1.165, 1.54) is 12.8 Å². The van der Waals surface area contributed by atoms with E-state index in [9.17, 15) is 5.11 Å². The average Bonchev–Trinajstić information content (AvgIpc) is 3.13. The number of benzene rings is 1. The second-order valence-corrected chi connectivity index (χ2v) is 5.04. The first kappa shape index (κ1) is 12.7. The van der Waals surface area contributed by atoms with Crippen LogP contribution in [0.1, 0.15) is 18.4 Å². The molecule has 1 aliphatic heterocycles. The molecule has 19 heavy (non-hydrogen) atoms. The number of rotatable bonds is 7. The van der Waals surface area contributed by atoms with Crippen LogP contribution in [0.4, 0.5) is 0 Å². The van der Waals surface area contributed by atoms with Crippen molar-refractivity contribution in [1.29, 1.82) is 0 Å². The van der Waals surface area contributed by atoms with E-state index >= 15 is 0 Å². The SMILES string of the molecule is OC(CNC1CC1)COCc1ccc2c(c1)OCO2. The van der Waals surface area contributed by atoms with Crippen molar-refractivity contribution in [3.63, 3.8) is 0 Å². The van der Waals surface area contributed by atoms with Gasteiger partial charge in [-0.25, -0.2) is 0 Å². The van der Waals surface area contributed by atoms with Crippen molar-refractivity contribution >= 4 is 0 Å². The fraction of sp³-hybridized carbons (Fsp3) is 0.571. The van der Waals surface area contributed by atoms with Crippen LogP contribution in [0.3, 0.4) is 0 Å². The van der Waals surface area contributed by atoms with Crippen LogP contribution in [-0.4, -0.2) is 37.2 Å². The van der Waals surface area contributed by atoms with Gasteiger partial charge in [0.25, 0.3) is 0 Å². The summed E-state index contributed by atoms with van der Waals surface area (Å²) in [5.41, 5.74) is 1.02. The van der Waals surface area contributed by atoms with Gasteiger partial charge in [0.05, 0.1) is 19.3 Å². The quantitative estimate of drug-likeness (QED) is 0.771. The van der Waals surface area contributed by atoms with Crippen LogP contribution in [0.25, 0.3) is 0 Å². The van der Waals surface area contributed by atoms with Crippen molar-refractivity contribution in [3.05, 3.63) is 23.8 Å². The van der Waals surface area contributed by atoms with Crippen LogP contribution in [0.2, 0.25) is 0 Å². The highest BCUT2D eigenvalue weighted by Crippen LogP contribution is 2.32. The molecule has 1 atom stereocenters. The summed E-state index contributed by atoms with van der Waals surface area (Å²) in [5, 5.41) is 13.0. The molecule has 5 heteroatoms. The fourth-order valence-corrected chi connectivity index (χ4v) is 1.99. The largest absolute Gasteiger partial charge is 0.454 e. The van der Waals surface area contributed by atoms with E-state index in [2.05, 4.69) is 5.32 Å². The van der Waals surface area contributed by atoms with Crippen molar-refractivity contribution < 1.29 is 19.3 Å². The molecule has 0 bridgehead atoms. The van der Waals surface area contributed by atoms with Gasteiger partial charge in [-0.1, -0.05) is 6.07 Å². The Bertz CT molecular complexity index is 433. The van der Waals surface area contributed by atoms with Crippen molar-refractivity contribution in [2.75, 3.05) is 19.9 Å². The summed E-state index contributed by atoms with van der Waals surface area (Å²) < 4.78 is 16.1. The average molecular weight is 265 g/mol. The second kappa shape index (κ2) is 5.77. The lowest BCUT2D eigenvalue weighted by atomic mass is 10.2. The maximum absolute atomic E-state index is 9.73. The molecule has 2 aliphatic rings. The molecule has 104 valence electrons. The Hall–Kier alpha value is -1.30. The van der Waals surface area contributed by atoms with Crippen molar-refractivity contribution in [1.82, 2.24) is 5.32 Å². The van der Waals surface area contributed by atoms with Gasteiger partial charge in [-0.3, -0.25) is 0 Å². The summed E-state index contributed by atoms with van der Waals surface area (Å²) in [5.74, 6) is 1.54. The van der Waals surface area contributed by atoms with E-state index in [1.807, 2.05) is 18.2 Å². The molecule has 0 radical (unpaired) electrons. The molecule has 1 unspecified atom stereocenters. The lowest BCUT2D eigenvalue weighted by molar-refractivity contribution is 0.0287. The number of aliphatic hydroxyl groups excluding tert-OH is 1. The molecule has 5 nitrogen and oxygen atoms in total. The summed E-state index contributed by atoms with van der Waals surface area (Å²) in [6.07, 6.45) is 2.00. The lowest BCUT2D eigenvalue weighted by Gasteiger charge is -2.12. The van der Waals surface area contributed by atoms with Gasteiger partial charge in [0.1, 0.15) is 0 Å². The third-order valence-corrected chi connectivity index (χ3v) is 3.24. The Morgan fingerprint density at radius 3 is 3.00 bits per heavy atom. The first-order chi connectivity index (χ1) is 9.31. The first-order valence-corrected chi connectivity index (χ1v) is 6.69. The lowest BCUT2D eigenvalue weighted by Crippen LogP contribution is -2.31. The van der Waals surface area contributed by atoms with E-state index < -0.39 is 6.10 Å². The minimum Gasteiger partial charge on any atom is -0.454 e. The van der Waals surface area contributed by atoms with E-state index in [0.29, 0.717) is 25.8 Å². The maximum atomic E-state index is 9.73. The number of hydrogen-bond acceptors (Lipinski definition) is 5. The third kappa shape index (κ3) is 3.59. The highest BCUT2D eigenvalue weighted by molar-refractivity contribution is 5.44. The van der Waals surface area contributed by atoms with Gasteiger partial charge in [0, 0.05) is 12.6 Å². The zero-order chi connectivity index (χ0) is 13.1. The molecule has 1 heterocycles. The predicted molar refractivity (Wildman–Crippen MR) is 69.3 cm³/mol. The molecule has 1 aromatic rings. The van der Waals surface area contributed by atoms with Crippen LogP contribution in [0, 0.1) is 0 Å². The molecular formula is C14H19NO4. The van der Waals surface area contributed by atoms with Gasteiger partial charge in [-0.05, 0) is 30.5 Å². The maximum Gasteiger partial charge on any atom is 0.231 e. The van der Waals surface area contributed by atoms with Crippen LogP contribution >= 0.6 is 0 Å². The smallest absolute Gasteiger partial charge is 0.231 e. The van der Waals surface area contributed by atoms with Crippen LogP contribution < -0.4 is 14.8 Å². The highest BCUT2D eigenvalue weighted by atomic mass is 16.7. The zero-order valence-electron chi connectivity index (χ0n) is 10.8. The van der Waals surface area contributed by atoms with Gasteiger partial charge >= 0.3 is 0 Å². The minimum absolute atomic E-state index is 0.283. The number of fused-ring (bicyclic) bond motifs is 1. The van der Waals surface area contributed by atoms with Gasteiger partial charge in [0.15, 0.2) is 11.5 Å². The first-order valence-electron chi connectivity index (χ1n) is 6.69. The highest BCUT2D eigenvalue weighted by Gasteiger charge is 2.21. The number of nitrogens with one attached hydrogen (secondary N) is 1. The molecule has 0 amide bonds. The standard InChI is InChI=1S/C14H19NO4/c16-12(6-15-11-2-3-11)8-17-7-10-1-4-13-14(5-10)19-9-18-13/h1,4-5,11-12,15-16H,2-3,6-9H2. The molecular weight excluding hydrogens is 246 g/mol. The Balaban J connectivity index is 1.39. The van der Waals surface area contributed by atoms with Crippen LogP contribution in [0.15, 0.2) is 18.2 Å². The Labute approximate surface area is 112 Å². The zero-order valence-corrected chi connectivity index (χ0v) is 10.8. The molecule has 0 saturated heterocycles. The molecule has 2 N–H and O–H groups in total. The van der Waals surface area contributed by atoms with E-state index in [-0.39, 0.29) is 6.79 Å².